The number of anilines is 1. The van der Waals surface area contributed by atoms with E-state index in [0.717, 1.165) is 18.8 Å². The fourth-order valence-electron chi connectivity index (χ4n) is 3.59. The van der Waals surface area contributed by atoms with Crippen molar-refractivity contribution in [2.75, 3.05) is 31.1 Å². The predicted molar refractivity (Wildman–Crippen MR) is 116 cm³/mol. The fraction of sp³-hybridized carbons (Fsp3) is 0.350. The lowest BCUT2D eigenvalue weighted by Gasteiger charge is -2.36. The van der Waals surface area contributed by atoms with Crippen LogP contribution < -0.4 is 16.1 Å². The molecule has 3 heterocycles. The molecule has 0 aliphatic carbocycles. The van der Waals surface area contributed by atoms with Crippen molar-refractivity contribution >= 4 is 44.7 Å². The van der Waals surface area contributed by atoms with Gasteiger partial charge in [-0.1, -0.05) is 11.6 Å². The number of nitrogens with zero attached hydrogens (tertiary/aromatic N) is 3. The van der Waals surface area contributed by atoms with E-state index in [9.17, 15) is 14.4 Å². The molecule has 7 nitrogen and oxygen atoms in total. The van der Waals surface area contributed by atoms with Gasteiger partial charge in [0.25, 0.3) is 5.56 Å². The van der Waals surface area contributed by atoms with Crippen molar-refractivity contribution in [2.45, 2.75) is 19.4 Å². The largest absolute Gasteiger partial charge is 0.368 e. The Morgan fingerprint density at radius 1 is 1.07 bits per heavy atom. The lowest BCUT2D eigenvalue weighted by Crippen LogP contribution is -2.48. The van der Waals surface area contributed by atoms with Gasteiger partial charge in [-0.25, -0.2) is 4.79 Å². The third-order valence-corrected chi connectivity index (χ3v) is 6.34. The Kier molecular flexibility index (Phi) is 5.73. The Bertz CT molecular complexity index is 1130. The van der Waals surface area contributed by atoms with E-state index in [1.54, 1.807) is 11.4 Å². The molecule has 2 aromatic heterocycles. The number of H-pyrrole nitrogens is 1. The monoisotopic (exact) mass is 432 g/mol. The molecule has 0 spiro atoms. The Balaban J connectivity index is 1.30. The van der Waals surface area contributed by atoms with Gasteiger partial charge in [0.1, 0.15) is 4.70 Å². The summed E-state index contributed by atoms with van der Waals surface area (Å²) in [5.41, 5.74) is 0.952. The van der Waals surface area contributed by atoms with E-state index in [1.165, 1.54) is 15.9 Å². The molecular weight excluding hydrogens is 412 g/mol. The molecule has 1 aromatic carbocycles. The van der Waals surface area contributed by atoms with Gasteiger partial charge >= 0.3 is 5.69 Å². The fourth-order valence-corrected chi connectivity index (χ4v) is 4.51. The van der Waals surface area contributed by atoms with Crippen molar-refractivity contribution in [3.63, 3.8) is 0 Å². The molecule has 0 saturated carbocycles. The number of piperazine rings is 1. The number of fused-ring (bicyclic) bond motifs is 1. The minimum absolute atomic E-state index is 0.0578. The quantitative estimate of drug-likeness (QED) is 0.672. The van der Waals surface area contributed by atoms with Crippen LogP contribution in [0, 0.1) is 0 Å². The van der Waals surface area contributed by atoms with Gasteiger partial charge in [0.05, 0.1) is 5.52 Å². The zero-order valence-corrected chi connectivity index (χ0v) is 17.3. The van der Waals surface area contributed by atoms with Crippen LogP contribution in [-0.2, 0) is 11.3 Å². The third kappa shape index (κ3) is 4.23. The number of rotatable bonds is 5. The number of halogens is 1. The van der Waals surface area contributed by atoms with Crippen LogP contribution in [0.3, 0.4) is 0 Å². The lowest BCUT2D eigenvalue weighted by atomic mass is 10.2. The second-order valence-corrected chi connectivity index (χ2v) is 8.35. The molecule has 1 aliphatic heterocycles. The molecule has 0 bridgehead atoms. The van der Waals surface area contributed by atoms with Gasteiger partial charge < -0.3 is 14.8 Å². The number of amides is 1. The highest BCUT2D eigenvalue weighted by atomic mass is 35.5. The molecule has 1 fully saturated rings. The number of carbonyl (C=O) groups excluding carboxylic acids is 1. The van der Waals surface area contributed by atoms with Gasteiger partial charge in [-0.3, -0.25) is 14.2 Å². The summed E-state index contributed by atoms with van der Waals surface area (Å²) in [6.07, 6.45) is 0.769. The standard InChI is InChI=1S/C20H21ClN4O3S/c21-14-3-5-15(6-4-14)23-9-11-24(12-10-23)17(26)2-1-8-25-19(27)18-16(7-13-29-18)22-20(25)28/h3-7,13H,1-2,8-12H2,(H,22,28). The number of carbonyl (C=O) groups is 1. The lowest BCUT2D eigenvalue weighted by molar-refractivity contribution is -0.131. The van der Waals surface area contributed by atoms with Crippen LogP contribution in [0.15, 0.2) is 45.3 Å². The van der Waals surface area contributed by atoms with Crippen molar-refractivity contribution in [3.05, 3.63) is 61.6 Å². The molecule has 9 heteroatoms. The van der Waals surface area contributed by atoms with Crippen molar-refractivity contribution in [1.29, 1.82) is 0 Å². The predicted octanol–water partition coefficient (Wildman–Crippen LogP) is 2.53. The average Bonchev–Trinajstić information content (AvgIpc) is 3.19. The zero-order chi connectivity index (χ0) is 20.4. The molecular formula is C20H21ClN4O3S. The summed E-state index contributed by atoms with van der Waals surface area (Å²) in [6.45, 7) is 3.08. The Morgan fingerprint density at radius 2 is 1.79 bits per heavy atom. The topological polar surface area (TPSA) is 78.4 Å². The van der Waals surface area contributed by atoms with E-state index < -0.39 is 5.69 Å². The summed E-state index contributed by atoms with van der Waals surface area (Å²) in [5.74, 6) is 0.0578. The maximum absolute atomic E-state index is 12.5. The van der Waals surface area contributed by atoms with Gasteiger partial charge in [-0.15, -0.1) is 11.3 Å². The van der Waals surface area contributed by atoms with Crippen LogP contribution in [0.2, 0.25) is 5.02 Å². The minimum Gasteiger partial charge on any atom is -0.368 e. The average molecular weight is 433 g/mol. The number of thiophene rings is 1. The second-order valence-electron chi connectivity index (χ2n) is 7.00. The number of hydrogen-bond donors (Lipinski definition) is 1. The number of aromatic nitrogens is 2. The van der Waals surface area contributed by atoms with Gasteiger partial charge in [0.15, 0.2) is 0 Å². The summed E-state index contributed by atoms with van der Waals surface area (Å²) in [7, 11) is 0. The van der Waals surface area contributed by atoms with Crippen LogP contribution in [0.1, 0.15) is 12.8 Å². The van der Waals surface area contributed by atoms with E-state index in [-0.39, 0.29) is 18.0 Å². The highest BCUT2D eigenvalue weighted by Crippen LogP contribution is 2.19. The van der Waals surface area contributed by atoms with Crippen LogP contribution >= 0.6 is 22.9 Å². The smallest absolute Gasteiger partial charge is 0.328 e. The van der Waals surface area contributed by atoms with E-state index in [4.69, 9.17) is 11.6 Å². The SMILES string of the molecule is O=C(CCCn1c(=O)[nH]c2ccsc2c1=O)N1CCN(c2ccc(Cl)cc2)CC1. The van der Waals surface area contributed by atoms with E-state index >= 15 is 0 Å². The molecule has 0 unspecified atom stereocenters. The Morgan fingerprint density at radius 3 is 2.52 bits per heavy atom. The molecule has 1 aliphatic rings. The van der Waals surface area contributed by atoms with E-state index in [1.807, 2.05) is 29.2 Å². The molecule has 152 valence electrons. The summed E-state index contributed by atoms with van der Waals surface area (Å²) in [6, 6.07) is 9.43. The second kappa shape index (κ2) is 8.42. The van der Waals surface area contributed by atoms with Crippen LogP contribution in [-0.4, -0.2) is 46.5 Å². The summed E-state index contributed by atoms with van der Waals surface area (Å²) in [4.78, 5) is 43.9. The zero-order valence-electron chi connectivity index (χ0n) is 15.8. The van der Waals surface area contributed by atoms with E-state index in [2.05, 4.69) is 9.88 Å². The summed E-state index contributed by atoms with van der Waals surface area (Å²) in [5, 5.41) is 2.48. The summed E-state index contributed by atoms with van der Waals surface area (Å²) >= 11 is 7.24. The van der Waals surface area contributed by atoms with Crippen LogP contribution in [0.5, 0.6) is 0 Å². The minimum atomic E-state index is -0.426. The van der Waals surface area contributed by atoms with Crippen LogP contribution in [0.4, 0.5) is 5.69 Å². The molecule has 4 rings (SSSR count). The van der Waals surface area contributed by atoms with E-state index in [0.29, 0.717) is 41.2 Å². The molecule has 0 atom stereocenters. The highest BCUT2D eigenvalue weighted by Gasteiger charge is 2.21. The first-order valence-corrected chi connectivity index (χ1v) is 10.8. The first kappa shape index (κ1) is 19.7. The normalized spacial score (nSPS) is 14.5. The van der Waals surface area contributed by atoms with Gasteiger partial charge in [0, 0.05) is 49.9 Å². The maximum Gasteiger partial charge on any atom is 0.328 e. The van der Waals surface area contributed by atoms with Crippen molar-refractivity contribution in [1.82, 2.24) is 14.5 Å². The number of nitrogens with one attached hydrogen (secondary N) is 1. The van der Waals surface area contributed by atoms with Gasteiger partial charge in [-0.2, -0.15) is 0 Å². The number of benzene rings is 1. The van der Waals surface area contributed by atoms with Crippen LogP contribution in [0.25, 0.3) is 10.2 Å². The molecule has 3 aromatic rings. The van der Waals surface area contributed by atoms with Crippen molar-refractivity contribution in [2.24, 2.45) is 0 Å². The molecule has 1 saturated heterocycles. The molecule has 1 amide bonds. The molecule has 1 N–H and O–H groups in total. The Labute approximate surface area is 176 Å². The van der Waals surface area contributed by atoms with Gasteiger partial charge in [0.2, 0.25) is 5.91 Å². The summed E-state index contributed by atoms with van der Waals surface area (Å²) < 4.78 is 1.72. The van der Waals surface area contributed by atoms with Gasteiger partial charge in [-0.05, 0) is 42.1 Å². The third-order valence-electron chi connectivity index (χ3n) is 5.19. The highest BCUT2D eigenvalue weighted by molar-refractivity contribution is 7.17. The first-order valence-electron chi connectivity index (χ1n) is 9.51. The molecule has 29 heavy (non-hydrogen) atoms. The first-order chi connectivity index (χ1) is 14.0. The maximum atomic E-state index is 12.5. The van der Waals surface area contributed by atoms with Crippen molar-refractivity contribution in [3.8, 4) is 0 Å². The number of aromatic amines is 1. The molecule has 0 radical (unpaired) electrons. The Hall–Kier alpha value is -2.58. The number of hydrogen-bond acceptors (Lipinski definition) is 5. The van der Waals surface area contributed by atoms with Crippen molar-refractivity contribution < 1.29 is 4.79 Å².